The average molecular weight is 365 g/mol. The number of carbonyl (C=O) groups excluding carboxylic acids is 1. The summed E-state index contributed by atoms with van der Waals surface area (Å²) in [4.78, 5) is 23.8. The van der Waals surface area contributed by atoms with Crippen LogP contribution in [0.3, 0.4) is 0 Å². The van der Waals surface area contributed by atoms with Gasteiger partial charge in [0.25, 0.3) is 0 Å². The third-order valence-corrected chi connectivity index (χ3v) is 5.92. The summed E-state index contributed by atoms with van der Waals surface area (Å²) in [5.41, 5.74) is 4.67. The monoisotopic (exact) mass is 365 g/mol. The Morgan fingerprint density at radius 3 is 2.22 bits per heavy atom. The molecule has 0 unspecified atom stereocenters. The summed E-state index contributed by atoms with van der Waals surface area (Å²) in [6, 6.07) is 16.0. The largest absolute Gasteiger partial charge is 0.481 e. The lowest BCUT2D eigenvalue weighted by atomic mass is 9.98. The van der Waals surface area contributed by atoms with Crippen molar-refractivity contribution in [3.05, 3.63) is 59.7 Å². The molecule has 2 aromatic rings. The van der Waals surface area contributed by atoms with Gasteiger partial charge in [0.2, 0.25) is 0 Å². The number of rotatable bonds is 4. The Labute approximate surface area is 158 Å². The Morgan fingerprint density at radius 2 is 1.63 bits per heavy atom. The van der Waals surface area contributed by atoms with E-state index in [4.69, 9.17) is 4.74 Å². The summed E-state index contributed by atoms with van der Waals surface area (Å²) in [6.07, 6.45) is 0.845. The fourth-order valence-corrected chi connectivity index (χ4v) is 4.49. The number of amides is 1. The van der Waals surface area contributed by atoms with E-state index in [1.807, 2.05) is 31.2 Å². The molecule has 0 saturated heterocycles. The Kier molecular flexibility index (Phi) is 4.60. The van der Waals surface area contributed by atoms with Gasteiger partial charge in [0.05, 0.1) is 5.92 Å². The summed E-state index contributed by atoms with van der Waals surface area (Å²) >= 11 is 0. The highest BCUT2D eigenvalue weighted by Gasteiger charge is 2.39. The van der Waals surface area contributed by atoms with Crippen molar-refractivity contribution in [2.24, 2.45) is 11.8 Å². The first kappa shape index (κ1) is 17.6. The lowest BCUT2D eigenvalue weighted by Crippen LogP contribution is -2.43. The van der Waals surface area contributed by atoms with Crippen LogP contribution in [0.1, 0.15) is 36.8 Å². The van der Waals surface area contributed by atoms with Crippen LogP contribution in [0.4, 0.5) is 4.79 Å². The summed E-state index contributed by atoms with van der Waals surface area (Å²) in [6.45, 7) is 2.20. The highest BCUT2D eigenvalue weighted by Crippen LogP contribution is 2.44. The predicted molar refractivity (Wildman–Crippen MR) is 102 cm³/mol. The average Bonchev–Trinajstić information content (AvgIpc) is 3.19. The van der Waals surface area contributed by atoms with Crippen molar-refractivity contribution in [2.75, 3.05) is 6.61 Å². The van der Waals surface area contributed by atoms with E-state index in [1.165, 1.54) is 11.1 Å². The molecule has 0 aliphatic heterocycles. The fraction of sp³-hybridized carbons (Fsp3) is 0.364. The molecule has 0 heterocycles. The molecule has 2 aromatic carbocycles. The standard InChI is InChI=1S/C22H23NO4/c1-13-10-11-18(21(24)25)20(13)23-22(26)27-12-19-16-8-4-2-6-14(16)15-7-3-5-9-17(15)19/h2-9,13,18-20H,10-12H2,1H3,(H,23,26)(H,24,25)/t13-,18+,20+/m1/s1. The van der Waals surface area contributed by atoms with E-state index >= 15 is 0 Å². The van der Waals surface area contributed by atoms with Crippen molar-refractivity contribution >= 4 is 12.1 Å². The van der Waals surface area contributed by atoms with Crippen molar-refractivity contribution in [1.82, 2.24) is 5.32 Å². The smallest absolute Gasteiger partial charge is 0.407 e. The second-order valence-electron chi connectivity index (χ2n) is 7.50. The lowest BCUT2D eigenvalue weighted by Gasteiger charge is -2.22. The minimum Gasteiger partial charge on any atom is -0.481 e. The number of fused-ring (bicyclic) bond motifs is 3. The van der Waals surface area contributed by atoms with E-state index < -0.39 is 18.0 Å². The number of hydrogen-bond acceptors (Lipinski definition) is 3. The molecule has 0 aromatic heterocycles. The van der Waals surface area contributed by atoms with E-state index in [-0.39, 0.29) is 24.5 Å². The van der Waals surface area contributed by atoms with Gasteiger partial charge in [0.1, 0.15) is 6.61 Å². The van der Waals surface area contributed by atoms with E-state index in [0.717, 1.165) is 17.5 Å². The van der Waals surface area contributed by atoms with Crippen molar-refractivity contribution < 1.29 is 19.4 Å². The molecule has 27 heavy (non-hydrogen) atoms. The van der Waals surface area contributed by atoms with Crippen LogP contribution in [0.2, 0.25) is 0 Å². The zero-order chi connectivity index (χ0) is 19.0. The molecule has 5 heteroatoms. The minimum atomic E-state index is -0.858. The third kappa shape index (κ3) is 3.18. The van der Waals surface area contributed by atoms with Crippen LogP contribution in [0.5, 0.6) is 0 Å². The van der Waals surface area contributed by atoms with Crippen LogP contribution in [0.15, 0.2) is 48.5 Å². The van der Waals surface area contributed by atoms with E-state index in [1.54, 1.807) is 0 Å². The second-order valence-corrected chi connectivity index (χ2v) is 7.50. The van der Waals surface area contributed by atoms with Crippen molar-refractivity contribution in [2.45, 2.75) is 31.7 Å². The number of benzene rings is 2. The topological polar surface area (TPSA) is 75.6 Å². The van der Waals surface area contributed by atoms with Gasteiger partial charge in [-0.15, -0.1) is 0 Å². The van der Waals surface area contributed by atoms with Gasteiger partial charge in [-0.1, -0.05) is 55.5 Å². The lowest BCUT2D eigenvalue weighted by molar-refractivity contribution is -0.142. The molecule has 3 atom stereocenters. The summed E-state index contributed by atoms with van der Waals surface area (Å²) in [7, 11) is 0. The maximum Gasteiger partial charge on any atom is 0.407 e. The highest BCUT2D eigenvalue weighted by atomic mass is 16.5. The third-order valence-electron chi connectivity index (χ3n) is 5.92. The maximum atomic E-state index is 12.4. The van der Waals surface area contributed by atoms with Gasteiger partial charge >= 0.3 is 12.1 Å². The molecular weight excluding hydrogens is 342 g/mol. The number of hydrogen-bond donors (Lipinski definition) is 2. The van der Waals surface area contributed by atoms with Crippen molar-refractivity contribution in [3.63, 3.8) is 0 Å². The number of carboxylic acid groups (broad SMARTS) is 1. The number of carboxylic acids is 1. The molecule has 140 valence electrons. The van der Waals surface area contributed by atoms with Crippen molar-refractivity contribution in [3.8, 4) is 11.1 Å². The van der Waals surface area contributed by atoms with Gasteiger partial charge < -0.3 is 15.2 Å². The molecule has 2 N–H and O–H groups in total. The normalized spacial score (nSPS) is 23.5. The van der Waals surface area contributed by atoms with Gasteiger partial charge in [-0.3, -0.25) is 4.79 Å². The first-order chi connectivity index (χ1) is 13.1. The molecule has 2 aliphatic carbocycles. The van der Waals surface area contributed by atoms with Crippen LogP contribution < -0.4 is 5.32 Å². The SMILES string of the molecule is C[C@@H]1CC[C@H](C(=O)O)[C@H]1NC(=O)OCC1c2ccccc2-c2ccccc21. The van der Waals surface area contributed by atoms with Crippen molar-refractivity contribution in [1.29, 1.82) is 0 Å². The van der Waals surface area contributed by atoms with Gasteiger partial charge in [0.15, 0.2) is 0 Å². The van der Waals surface area contributed by atoms with Crippen LogP contribution in [0.25, 0.3) is 11.1 Å². The molecule has 0 spiro atoms. The summed E-state index contributed by atoms with van der Waals surface area (Å²) < 4.78 is 5.54. The van der Waals surface area contributed by atoms with Crippen LogP contribution in [-0.4, -0.2) is 29.8 Å². The Balaban J connectivity index is 1.46. The number of alkyl carbamates (subject to hydrolysis) is 1. The van der Waals surface area contributed by atoms with Gasteiger partial charge in [0, 0.05) is 12.0 Å². The molecule has 1 saturated carbocycles. The molecular formula is C22H23NO4. The molecule has 5 nitrogen and oxygen atoms in total. The molecule has 1 fully saturated rings. The molecule has 0 bridgehead atoms. The second kappa shape index (κ2) is 7.06. The number of ether oxygens (including phenoxy) is 1. The first-order valence-corrected chi connectivity index (χ1v) is 9.40. The predicted octanol–water partition coefficient (Wildman–Crippen LogP) is 4.02. The minimum absolute atomic E-state index is 0.000535. The fourth-order valence-electron chi connectivity index (χ4n) is 4.49. The summed E-state index contributed by atoms with van der Waals surface area (Å²) in [5.74, 6) is -1.27. The van der Waals surface area contributed by atoms with Gasteiger partial charge in [-0.2, -0.15) is 0 Å². The van der Waals surface area contributed by atoms with Crippen LogP contribution >= 0.6 is 0 Å². The number of aliphatic carboxylic acids is 1. The Bertz CT molecular complexity index is 833. The van der Waals surface area contributed by atoms with Crippen LogP contribution in [-0.2, 0) is 9.53 Å². The maximum absolute atomic E-state index is 12.4. The van der Waals surface area contributed by atoms with Gasteiger partial charge in [-0.05, 0) is 41.0 Å². The Hall–Kier alpha value is -2.82. The Morgan fingerprint density at radius 1 is 1.04 bits per heavy atom. The quantitative estimate of drug-likeness (QED) is 0.858. The van der Waals surface area contributed by atoms with E-state index in [2.05, 4.69) is 29.6 Å². The van der Waals surface area contributed by atoms with Gasteiger partial charge in [-0.25, -0.2) is 4.79 Å². The number of carbonyl (C=O) groups is 2. The summed E-state index contributed by atoms with van der Waals surface area (Å²) in [5, 5.41) is 12.1. The van der Waals surface area contributed by atoms with E-state index in [9.17, 15) is 14.7 Å². The van der Waals surface area contributed by atoms with E-state index in [0.29, 0.717) is 6.42 Å². The first-order valence-electron chi connectivity index (χ1n) is 9.40. The number of nitrogens with one attached hydrogen (secondary N) is 1. The molecule has 1 amide bonds. The zero-order valence-electron chi connectivity index (χ0n) is 15.2. The highest BCUT2D eigenvalue weighted by molar-refractivity contribution is 5.79. The molecule has 4 rings (SSSR count). The zero-order valence-corrected chi connectivity index (χ0v) is 15.2. The molecule has 0 radical (unpaired) electrons. The van der Waals surface area contributed by atoms with Crippen LogP contribution in [0, 0.1) is 11.8 Å². The molecule has 2 aliphatic rings.